The third-order valence-corrected chi connectivity index (χ3v) is 2.65. The number of nitrogens with zero attached hydrogens (tertiary/aromatic N) is 1. The Morgan fingerprint density at radius 3 is 2.75 bits per heavy atom. The summed E-state index contributed by atoms with van der Waals surface area (Å²) in [6, 6.07) is 5.88. The molecule has 1 aliphatic heterocycles. The zero-order valence-corrected chi connectivity index (χ0v) is 9.20. The van der Waals surface area contributed by atoms with Gasteiger partial charge in [0.15, 0.2) is 11.5 Å². The molecule has 16 heavy (non-hydrogen) atoms. The van der Waals surface area contributed by atoms with Crippen LogP contribution in [0, 0.1) is 13.8 Å². The summed E-state index contributed by atoms with van der Waals surface area (Å²) in [4.78, 5) is 7.64. The van der Waals surface area contributed by atoms with Gasteiger partial charge in [0.1, 0.15) is 5.82 Å². The SMILES string of the molecule is Cc1nc(-c2ccc3c(c2)OCO3)c(C)[nH]1. The van der Waals surface area contributed by atoms with E-state index in [1.165, 1.54) is 0 Å². The van der Waals surface area contributed by atoms with Crippen LogP contribution in [-0.2, 0) is 0 Å². The first-order valence-corrected chi connectivity index (χ1v) is 5.17. The average Bonchev–Trinajstić information content (AvgIpc) is 2.83. The van der Waals surface area contributed by atoms with Gasteiger partial charge in [0, 0.05) is 11.3 Å². The highest BCUT2D eigenvalue weighted by Gasteiger charge is 2.15. The molecule has 0 amide bonds. The molecule has 1 aromatic carbocycles. The lowest BCUT2D eigenvalue weighted by Gasteiger charge is -2.00. The molecule has 1 aromatic heterocycles. The van der Waals surface area contributed by atoms with Gasteiger partial charge in [0.25, 0.3) is 0 Å². The topological polar surface area (TPSA) is 47.1 Å². The van der Waals surface area contributed by atoms with Crippen LogP contribution in [0.5, 0.6) is 11.5 Å². The van der Waals surface area contributed by atoms with Crippen LogP contribution in [-0.4, -0.2) is 16.8 Å². The van der Waals surface area contributed by atoms with E-state index in [4.69, 9.17) is 9.47 Å². The number of benzene rings is 1. The molecule has 1 aliphatic rings. The Bertz CT molecular complexity index is 546. The molecule has 4 heteroatoms. The smallest absolute Gasteiger partial charge is 0.231 e. The quantitative estimate of drug-likeness (QED) is 0.796. The molecule has 0 fully saturated rings. The predicted octanol–water partition coefficient (Wildman–Crippen LogP) is 2.42. The minimum atomic E-state index is 0.303. The fraction of sp³-hybridized carbons (Fsp3) is 0.250. The van der Waals surface area contributed by atoms with E-state index in [9.17, 15) is 0 Å². The van der Waals surface area contributed by atoms with Gasteiger partial charge in [-0.05, 0) is 32.0 Å². The standard InChI is InChI=1S/C12H12N2O2/c1-7-12(14-8(2)13-7)9-3-4-10-11(5-9)16-6-15-10/h3-5H,6H2,1-2H3,(H,13,14). The normalized spacial score (nSPS) is 13.1. The lowest BCUT2D eigenvalue weighted by Crippen LogP contribution is -1.92. The second-order valence-electron chi connectivity index (χ2n) is 3.86. The van der Waals surface area contributed by atoms with Gasteiger partial charge in [-0.25, -0.2) is 4.98 Å². The Labute approximate surface area is 93.2 Å². The van der Waals surface area contributed by atoms with Gasteiger partial charge in [-0.2, -0.15) is 0 Å². The molecule has 0 bridgehead atoms. The van der Waals surface area contributed by atoms with Crippen LogP contribution >= 0.6 is 0 Å². The molecular weight excluding hydrogens is 204 g/mol. The monoisotopic (exact) mass is 216 g/mol. The van der Waals surface area contributed by atoms with E-state index in [-0.39, 0.29) is 0 Å². The van der Waals surface area contributed by atoms with Crippen LogP contribution < -0.4 is 9.47 Å². The zero-order chi connectivity index (χ0) is 11.1. The number of rotatable bonds is 1. The van der Waals surface area contributed by atoms with Crippen LogP contribution in [0.3, 0.4) is 0 Å². The van der Waals surface area contributed by atoms with Gasteiger partial charge in [-0.15, -0.1) is 0 Å². The second kappa shape index (κ2) is 3.27. The van der Waals surface area contributed by atoms with E-state index in [0.29, 0.717) is 6.79 Å². The van der Waals surface area contributed by atoms with Gasteiger partial charge in [-0.1, -0.05) is 0 Å². The summed E-state index contributed by atoms with van der Waals surface area (Å²) in [5.74, 6) is 2.51. The number of H-pyrrole nitrogens is 1. The second-order valence-corrected chi connectivity index (χ2v) is 3.86. The Kier molecular flexibility index (Phi) is 1.89. The Balaban J connectivity index is 2.10. The van der Waals surface area contributed by atoms with Gasteiger partial charge < -0.3 is 14.5 Å². The minimum Gasteiger partial charge on any atom is -0.454 e. The van der Waals surface area contributed by atoms with Crippen LogP contribution in [0.1, 0.15) is 11.5 Å². The molecule has 0 atom stereocenters. The number of hydrogen-bond acceptors (Lipinski definition) is 3. The van der Waals surface area contributed by atoms with E-state index in [0.717, 1.165) is 34.3 Å². The molecule has 2 aromatic rings. The summed E-state index contributed by atoms with van der Waals surface area (Å²) in [6.45, 7) is 4.26. The molecule has 0 spiro atoms. The third-order valence-electron chi connectivity index (χ3n) is 2.65. The Morgan fingerprint density at radius 2 is 2.00 bits per heavy atom. The Hall–Kier alpha value is -1.97. The van der Waals surface area contributed by atoms with Crippen molar-refractivity contribution in [1.82, 2.24) is 9.97 Å². The minimum absolute atomic E-state index is 0.303. The number of aryl methyl sites for hydroxylation is 2. The number of aromatic nitrogens is 2. The fourth-order valence-corrected chi connectivity index (χ4v) is 1.93. The zero-order valence-electron chi connectivity index (χ0n) is 9.20. The molecule has 2 heterocycles. The molecule has 0 unspecified atom stereocenters. The summed E-state index contributed by atoms with van der Waals surface area (Å²) in [5.41, 5.74) is 3.08. The van der Waals surface area contributed by atoms with Crippen LogP contribution in [0.15, 0.2) is 18.2 Å². The van der Waals surface area contributed by atoms with Crippen LogP contribution in [0.2, 0.25) is 0 Å². The molecule has 0 radical (unpaired) electrons. The highest BCUT2D eigenvalue weighted by molar-refractivity contribution is 5.66. The highest BCUT2D eigenvalue weighted by Crippen LogP contribution is 2.36. The van der Waals surface area contributed by atoms with Crippen molar-refractivity contribution in [2.45, 2.75) is 13.8 Å². The molecule has 1 N–H and O–H groups in total. The lowest BCUT2D eigenvalue weighted by atomic mass is 10.1. The van der Waals surface area contributed by atoms with E-state index < -0.39 is 0 Å². The van der Waals surface area contributed by atoms with Crippen LogP contribution in [0.4, 0.5) is 0 Å². The predicted molar refractivity (Wildman–Crippen MR) is 59.6 cm³/mol. The lowest BCUT2D eigenvalue weighted by molar-refractivity contribution is 0.174. The molecule has 82 valence electrons. The molecule has 0 aliphatic carbocycles. The molecule has 0 saturated carbocycles. The van der Waals surface area contributed by atoms with Gasteiger partial charge >= 0.3 is 0 Å². The van der Waals surface area contributed by atoms with Crippen molar-refractivity contribution in [3.8, 4) is 22.8 Å². The largest absolute Gasteiger partial charge is 0.454 e. The number of hydrogen-bond donors (Lipinski definition) is 1. The van der Waals surface area contributed by atoms with Crippen molar-refractivity contribution in [1.29, 1.82) is 0 Å². The number of aromatic amines is 1. The number of fused-ring (bicyclic) bond motifs is 1. The summed E-state index contributed by atoms with van der Waals surface area (Å²) < 4.78 is 10.6. The summed E-state index contributed by atoms with van der Waals surface area (Å²) in [6.07, 6.45) is 0. The van der Waals surface area contributed by atoms with E-state index in [2.05, 4.69) is 9.97 Å². The first kappa shape index (κ1) is 9.27. The highest BCUT2D eigenvalue weighted by atomic mass is 16.7. The van der Waals surface area contributed by atoms with Crippen molar-refractivity contribution in [3.63, 3.8) is 0 Å². The maximum absolute atomic E-state index is 5.35. The Morgan fingerprint density at radius 1 is 1.19 bits per heavy atom. The maximum Gasteiger partial charge on any atom is 0.231 e. The van der Waals surface area contributed by atoms with Crippen molar-refractivity contribution in [3.05, 3.63) is 29.7 Å². The molecular formula is C12H12N2O2. The first-order chi connectivity index (χ1) is 7.74. The van der Waals surface area contributed by atoms with Gasteiger partial charge in [0.05, 0.1) is 5.69 Å². The summed E-state index contributed by atoms with van der Waals surface area (Å²) in [7, 11) is 0. The van der Waals surface area contributed by atoms with E-state index in [1.807, 2.05) is 32.0 Å². The molecule has 3 rings (SSSR count). The van der Waals surface area contributed by atoms with Gasteiger partial charge in [0.2, 0.25) is 6.79 Å². The first-order valence-electron chi connectivity index (χ1n) is 5.17. The fourth-order valence-electron chi connectivity index (χ4n) is 1.93. The van der Waals surface area contributed by atoms with Crippen molar-refractivity contribution >= 4 is 0 Å². The van der Waals surface area contributed by atoms with Crippen molar-refractivity contribution in [2.24, 2.45) is 0 Å². The van der Waals surface area contributed by atoms with Gasteiger partial charge in [-0.3, -0.25) is 0 Å². The van der Waals surface area contributed by atoms with E-state index >= 15 is 0 Å². The van der Waals surface area contributed by atoms with Crippen molar-refractivity contribution in [2.75, 3.05) is 6.79 Å². The van der Waals surface area contributed by atoms with Crippen molar-refractivity contribution < 1.29 is 9.47 Å². The summed E-state index contributed by atoms with van der Waals surface area (Å²) in [5, 5.41) is 0. The number of nitrogens with one attached hydrogen (secondary N) is 1. The van der Waals surface area contributed by atoms with E-state index in [1.54, 1.807) is 0 Å². The molecule has 0 saturated heterocycles. The number of imidazole rings is 1. The maximum atomic E-state index is 5.35. The number of ether oxygens (including phenoxy) is 2. The average molecular weight is 216 g/mol. The third kappa shape index (κ3) is 1.34. The summed E-state index contributed by atoms with van der Waals surface area (Å²) >= 11 is 0. The van der Waals surface area contributed by atoms with Crippen LogP contribution in [0.25, 0.3) is 11.3 Å². The molecule has 4 nitrogen and oxygen atoms in total.